The van der Waals surface area contributed by atoms with E-state index in [0.29, 0.717) is 36.6 Å². The van der Waals surface area contributed by atoms with Crippen LogP contribution in [0.5, 0.6) is 0 Å². The fourth-order valence-electron chi connectivity index (χ4n) is 7.86. The van der Waals surface area contributed by atoms with Crippen molar-refractivity contribution < 1.29 is 95.3 Å². The van der Waals surface area contributed by atoms with E-state index < -0.39 is 12.2 Å². The van der Waals surface area contributed by atoms with Gasteiger partial charge in [0, 0.05) is 61.9 Å². The average molecular weight is 1720 g/mol. The first-order valence-corrected chi connectivity index (χ1v) is 37.6. The molecule has 2 aliphatic rings. The SMILES string of the molecule is C.C.C.C.C.C.C.C.C.C.C.CC(C)NC(=O)OC(C)C.CC(C)OC(=O)NC(C)(C)C.CC(C)OC(=O)NC1CCCC1.CC(C)OC(=O)NC1CCCCC1.CC(C)OC(=O)Nc1ccccc1.CC(C)OC(=O)c1ccc[nH]1.CC(C)OC(=O)c1cccn1C.CC(C)OC(N)=O.CCCNC(=O)OC(C)C.CCNC(=O)OC(C)C. The molecule has 2 fully saturated rings. The van der Waals surface area contributed by atoms with Crippen molar-refractivity contribution in [3.8, 4) is 0 Å². The number of ether oxygens (including phenoxy) is 10. The van der Waals surface area contributed by atoms with Crippen LogP contribution in [0.25, 0.3) is 0 Å². The summed E-state index contributed by atoms with van der Waals surface area (Å²) >= 11 is 0. The molecule has 30 nitrogen and oxygen atoms in total. The third-order valence-corrected chi connectivity index (χ3v) is 11.8. The Morgan fingerprint density at radius 1 is 0.412 bits per heavy atom. The number of primary amides is 1. The van der Waals surface area contributed by atoms with Crippen LogP contribution < -0.4 is 43.0 Å². The molecule has 1 aromatic carbocycles. The molecule has 0 atom stereocenters. The number of aromatic nitrogens is 2. The number of nitrogens with two attached hydrogens (primary N) is 1. The minimum atomic E-state index is -0.713. The third kappa shape index (κ3) is 109. The Hall–Kier alpha value is -9.12. The lowest BCUT2D eigenvalue weighted by Gasteiger charge is -2.22. The first kappa shape index (κ1) is 148. The summed E-state index contributed by atoms with van der Waals surface area (Å²) in [6.07, 6.45) is 11.5. The van der Waals surface area contributed by atoms with Gasteiger partial charge in [0.05, 0.1) is 61.0 Å². The smallest absolute Gasteiger partial charge is 0.411 e. The van der Waals surface area contributed by atoms with Crippen LogP contribution >= 0.6 is 0 Å². The maximum atomic E-state index is 11.3. The quantitative estimate of drug-likeness (QED) is 0.0397. The van der Waals surface area contributed by atoms with Gasteiger partial charge < -0.3 is 94.6 Å². The number of alkyl carbamates (subject to hydrolysis) is 6. The molecule has 712 valence electrons. The highest BCUT2D eigenvalue weighted by Gasteiger charge is 2.20. The van der Waals surface area contributed by atoms with Gasteiger partial charge in [-0.25, -0.2) is 47.9 Å². The lowest BCUT2D eigenvalue weighted by atomic mass is 9.96. The van der Waals surface area contributed by atoms with Crippen molar-refractivity contribution >= 4 is 66.4 Å². The van der Waals surface area contributed by atoms with Crippen LogP contribution in [0.15, 0.2) is 67.0 Å². The Labute approximate surface area is 727 Å². The van der Waals surface area contributed by atoms with Crippen LogP contribution in [-0.4, -0.2) is 168 Å². The molecule has 8 amide bonds. The Bertz CT molecular complexity index is 2800. The molecule has 2 aromatic heterocycles. The van der Waals surface area contributed by atoms with E-state index in [9.17, 15) is 47.9 Å². The Morgan fingerprint density at radius 3 is 1.07 bits per heavy atom. The number of H-pyrrole nitrogens is 1. The number of amides is 8. The van der Waals surface area contributed by atoms with E-state index in [2.05, 4.69) is 52.7 Å². The molecular weight excluding hydrogens is 1530 g/mol. The van der Waals surface area contributed by atoms with Gasteiger partial charge in [-0.15, -0.1) is 0 Å². The number of nitrogens with one attached hydrogen (secondary N) is 8. The number of carbonyl (C=O) groups excluding carboxylic acids is 10. The molecule has 5 rings (SSSR count). The average Bonchev–Trinajstić information content (AvgIpc) is 1.76. The van der Waals surface area contributed by atoms with Gasteiger partial charge in [-0.2, -0.15) is 0 Å². The fourth-order valence-corrected chi connectivity index (χ4v) is 7.86. The minimum Gasteiger partial charge on any atom is -0.458 e. The first-order valence-electron chi connectivity index (χ1n) is 37.6. The summed E-state index contributed by atoms with van der Waals surface area (Å²) in [5, 5.41) is 18.8. The van der Waals surface area contributed by atoms with Crippen molar-refractivity contribution in [1.82, 2.24) is 41.5 Å². The second kappa shape index (κ2) is 89.7. The summed E-state index contributed by atoms with van der Waals surface area (Å²) in [5.74, 6) is -0.567. The molecule has 0 unspecified atom stereocenters. The summed E-state index contributed by atoms with van der Waals surface area (Å²) < 4.78 is 50.2. The number of carbonyl (C=O) groups is 10. The Kier molecular flexibility index (Phi) is 111. The lowest BCUT2D eigenvalue weighted by molar-refractivity contribution is 0.0358. The van der Waals surface area contributed by atoms with E-state index in [-0.39, 0.29) is 203 Å². The molecule has 2 saturated carbocycles. The number of para-hydroxylation sites is 1. The molecule has 0 saturated heterocycles. The summed E-state index contributed by atoms with van der Waals surface area (Å²) in [7, 11) is 1.82. The topological polar surface area (TPSA) is 394 Å². The number of nitrogens with zero attached hydrogens (tertiary/aromatic N) is 1. The highest BCUT2D eigenvalue weighted by molar-refractivity contribution is 5.88. The van der Waals surface area contributed by atoms with Gasteiger partial charge in [0.1, 0.15) is 11.4 Å². The maximum absolute atomic E-state index is 11.3. The standard InChI is InChI=1S/C10H19NO2.C10H13NO2.C9H13NO2.C9H17NO2.C8H11NO2.C8H17NO2.2C7H15NO2.C6H13NO2.C4H9NO2.11CH4/c2*1-8(2)13-10(12)11-9-6-4-3-5-7-9;1-7(2)12-9(11)8-5-4-6-10(8)3;1-7(2)12-9(11)10-8-5-3-4-6-8;1-6(2)11-8(10)7-4-3-5-9-7;1-6(2)11-7(10)9-8(3,4)5;1-5(2)8-7(9)10-6(3)4;1-4-5-8-7(9)10-6(2)3;1-4-7-6(8)9-5(2)3;1-3(2)7-4(5)6;;;;;;;;;;;/h8-9H,3-7H2,1-2H3,(H,11,12);3-8H,1-2H3,(H,11,12);4-7H,1-3H3;7-8H,3-6H2,1-2H3,(H,10,11);3-6,9H,1-2H3;6H,1-5H3,(H,9,10);5-6H,1-4H3,(H,8,9);6H,4-5H2,1-3H3,(H,8,9);5H,4H2,1-3H3,(H,7,8);3H,1-2H3,(H2,5,6);11*1H4. The molecule has 2 aliphatic carbocycles. The largest absolute Gasteiger partial charge is 0.458 e. The van der Waals surface area contributed by atoms with Gasteiger partial charge in [0.2, 0.25) is 0 Å². The van der Waals surface area contributed by atoms with Crippen molar-refractivity contribution in [3.63, 3.8) is 0 Å². The molecule has 30 heteroatoms. The molecule has 0 radical (unpaired) electrons. The summed E-state index contributed by atoms with van der Waals surface area (Å²) in [6, 6.07) is 17.1. The van der Waals surface area contributed by atoms with Gasteiger partial charge >= 0.3 is 60.7 Å². The molecule has 0 bridgehead atoms. The van der Waals surface area contributed by atoms with E-state index in [0.717, 1.165) is 37.8 Å². The summed E-state index contributed by atoms with van der Waals surface area (Å²) in [5.41, 5.74) is 6.25. The van der Waals surface area contributed by atoms with Crippen LogP contribution in [0.2, 0.25) is 0 Å². The lowest BCUT2D eigenvalue weighted by Crippen LogP contribution is -2.41. The van der Waals surface area contributed by atoms with Crippen LogP contribution in [0.1, 0.15) is 354 Å². The molecular formula is C89H186N10O20. The van der Waals surface area contributed by atoms with Crippen LogP contribution in [-0.2, 0) is 54.4 Å². The number of benzene rings is 1. The van der Waals surface area contributed by atoms with Crippen LogP contribution in [0, 0.1) is 0 Å². The number of rotatable bonds is 19. The zero-order valence-electron chi connectivity index (χ0n) is 70.5. The van der Waals surface area contributed by atoms with Gasteiger partial charge in [-0.1, -0.05) is 139 Å². The number of hydrogen-bond donors (Lipinski definition) is 9. The van der Waals surface area contributed by atoms with Crippen molar-refractivity contribution in [3.05, 3.63) is 78.4 Å². The molecule has 10 N–H and O–H groups in total. The number of esters is 2. The first-order chi connectivity index (χ1) is 50.1. The second-order valence-corrected chi connectivity index (χ2v) is 28.4. The van der Waals surface area contributed by atoms with E-state index in [1.54, 1.807) is 42.8 Å². The van der Waals surface area contributed by atoms with Crippen LogP contribution in [0.4, 0.5) is 44.0 Å². The second-order valence-electron chi connectivity index (χ2n) is 28.4. The summed E-state index contributed by atoms with van der Waals surface area (Å²) in [4.78, 5) is 111. The predicted molar refractivity (Wildman–Crippen MR) is 497 cm³/mol. The molecule has 0 spiro atoms. The van der Waals surface area contributed by atoms with Crippen LogP contribution in [0.3, 0.4) is 0 Å². The highest BCUT2D eigenvalue weighted by Crippen LogP contribution is 2.19. The van der Waals surface area contributed by atoms with Gasteiger partial charge in [-0.3, -0.25) is 5.32 Å². The number of hydrogen-bond acceptors (Lipinski definition) is 20. The number of aryl methyl sites for hydroxylation is 1. The Morgan fingerprint density at radius 2 is 0.756 bits per heavy atom. The zero-order chi connectivity index (χ0) is 84.1. The van der Waals surface area contributed by atoms with Crippen molar-refractivity contribution in [2.75, 3.05) is 18.4 Å². The number of anilines is 1. The van der Waals surface area contributed by atoms with Crippen molar-refractivity contribution in [2.24, 2.45) is 12.8 Å². The van der Waals surface area contributed by atoms with E-state index >= 15 is 0 Å². The van der Waals surface area contributed by atoms with Gasteiger partial charge in [0.15, 0.2) is 0 Å². The van der Waals surface area contributed by atoms with Gasteiger partial charge in [-0.05, 0) is 249 Å². The van der Waals surface area contributed by atoms with Crippen molar-refractivity contribution in [1.29, 1.82) is 0 Å². The predicted octanol–water partition coefficient (Wildman–Crippen LogP) is 23.9. The normalized spacial score (nSPS) is 10.9. The molecule has 119 heavy (non-hydrogen) atoms. The zero-order valence-corrected chi connectivity index (χ0v) is 70.5. The Balaban J connectivity index is -0.0000000703. The summed E-state index contributed by atoms with van der Waals surface area (Å²) in [6.45, 7) is 51.1. The minimum absolute atomic E-state index is 0. The third-order valence-electron chi connectivity index (χ3n) is 11.8. The molecule has 3 aromatic rings. The van der Waals surface area contributed by atoms with E-state index in [4.69, 9.17) is 42.6 Å². The monoisotopic (exact) mass is 1720 g/mol. The maximum Gasteiger partial charge on any atom is 0.411 e. The van der Waals surface area contributed by atoms with Gasteiger partial charge in [0.25, 0.3) is 0 Å². The highest BCUT2D eigenvalue weighted by atomic mass is 16.6. The molecule has 0 aliphatic heterocycles. The number of aromatic amines is 1. The van der Waals surface area contributed by atoms with Crippen molar-refractivity contribution in [2.45, 2.75) is 418 Å². The van der Waals surface area contributed by atoms with E-state index in [1.165, 1.54) is 32.1 Å². The molecule has 2 heterocycles. The fraction of sp³-hybridized carbons (Fsp3) is 0.730. The van der Waals surface area contributed by atoms with E-state index in [1.807, 2.05) is 223 Å².